The first-order valence-electron chi connectivity index (χ1n) is 37.2. The first kappa shape index (κ1) is 86.0. The number of hydrogen-bond donors (Lipinski definition) is 3. The van der Waals surface area contributed by atoms with Gasteiger partial charge in [-0.1, -0.05) is 48.3 Å². The summed E-state index contributed by atoms with van der Waals surface area (Å²) in [5.41, 5.74) is 2.46. The number of carbonyl (C=O) groups excluding carboxylic acids is 7. The summed E-state index contributed by atoms with van der Waals surface area (Å²) in [6, 6.07) is 26.4. The molecule has 16 rings (SSSR count). The van der Waals surface area contributed by atoms with Gasteiger partial charge in [0.15, 0.2) is 62.0 Å². The number of pyridine rings is 8. The van der Waals surface area contributed by atoms with Gasteiger partial charge in [0.2, 0.25) is 5.91 Å². The molecule has 0 aliphatic carbocycles. The van der Waals surface area contributed by atoms with Gasteiger partial charge in [0, 0.05) is 95.7 Å². The molecule has 16 heterocycles. The lowest BCUT2D eigenvalue weighted by molar-refractivity contribution is -0.168. The maximum absolute atomic E-state index is 13.1. The van der Waals surface area contributed by atoms with E-state index in [1.165, 1.54) is 69.7 Å². The van der Waals surface area contributed by atoms with E-state index in [0.717, 1.165) is 25.6 Å². The number of nitrogens with one attached hydrogen (secondary N) is 3. The molecule has 8 bridgehead atoms. The Morgan fingerprint density at radius 1 is 0.500 bits per heavy atom. The van der Waals surface area contributed by atoms with Crippen molar-refractivity contribution in [1.29, 1.82) is 0 Å². The molecule has 8 aromatic heterocycles. The minimum atomic E-state index is -4.64. The van der Waals surface area contributed by atoms with Crippen LogP contribution in [-0.4, -0.2) is 203 Å². The molecule has 0 saturated carbocycles. The van der Waals surface area contributed by atoms with Crippen LogP contribution in [-0.2, 0) is 25.8 Å². The third kappa shape index (κ3) is 20.4. The highest BCUT2D eigenvalue weighted by molar-refractivity contribution is 7.91. The van der Waals surface area contributed by atoms with E-state index in [0.29, 0.717) is 110 Å². The van der Waals surface area contributed by atoms with Crippen molar-refractivity contribution in [2.45, 2.75) is 119 Å². The van der Waals surface area contributed by atoms with Crippen molar-refractivity contribution in [2.75, 3.05) is 120 Å². The average molecular weight is 1740 g/mol. The summed E-state index contributed by atoms with van der Waals surface area (Å²) in [7, 11) is -4.29. The summed E-state index contributed by atoms with van der Waals surface area (Å²) in [4.78, 5) is 136. The van der Waals surface area contributed by atoms with Crippen LogP contribution in [0.15, 0.2) is 139 Å². The second kappa shape index (κ2) is 35.2. The van der Waals surface area contributed by atoms with Crippen LogP contribution in [0.3, 0.4) is 0 Å². The number of urea groups is 3. The molecule has 8 aromatic rings. The molecule has 8 aliphatic rings. The van der Waals surface area contributed by atoms with Crippen LogP contribution in [0, 0.1) is 5.92 Å². The van der Waals surface area contributed by atoms with Crippen molar-refractivity contribution in [3.8, 4) is 0 Å². The summed E-state index contributed by atoms with van der Waals surface area (Å²) in [5.74, 6) is -4.00. The molecule has 0 aromatic carbocycles. The number of esters is 1. The molecule has 0 unspecified atom stereocenters. The highest BCUT2D eigenvalue weighted by atomic mass is 35.5. The zero-order chi connectivity index (χ0) is 85.9. The maximum Gasteiger partial charge on any atom is 0.422 e. The number of amides is 7. The third-order valence-corrected chi connectivity index (χ3v) is 22.5. The number of rotatable bonds is 16. The number of carbonyl (C=O) groups is 7. The number of ketones is 2. The molecule has 0 radical (unpaired) electrons. The zero-order valence-electron chi connectivity index (χ0n) is 63.0. The Bertz CT molecular complexity index is 5300. The first-order chi connectivity index (χ1) is 56.8. The zero-order valence-corrected chi connectivity index (χ0v) is 65.3. The number of halogens is 14. The maximum atomic E-state index is 13.1. The van der Waals surface area contributed by atoms with Gasteiger partial charge < -0.3 is 24.3 Å². The Kier molecular flexibility index (Phi) is 25.3. The molecule has 4 fully saturated rings. The third-order valence-electron chi connectivity index (χ3n) is 20.4. The number of ether oxygens (including phenoxy) is 1. The summed E-state index contributed by atoms with van der Waals surface area (Å²) in [6.45, 7) is 4.41. The van der Waals surface area contributed by atoms with Crippen molar-refractivity contribution in [3.05, 3.63) is 167 Å². The minimum Gasteiger partial charge on any atom is -0.451 e. The van der Waals surface area contributed by atoms with Crippen LogP contribution >= 0.6 is 23.2 Å². The van der Waals surface area contributed by atoms with E-state index < -0.39 is 119 Å². The molecule has 8 aliphatic heterocycles. The predicted octanol–water partition coefficient (Wildman–Crippen LogP) is 14.0. The van der Waals surface area contributed by atoms with Gasteiger partial charge in [0.05, 0.1) is 87.9 Å². The van der Waals surface area contributed by atoms with Gasteiger partial charge in [-0.25, -0.2) is 62.5 Å². The van der Waals surface area contributed by atoms with Crippen LogP contribution in [0.2, 0.25) is 10.0 Å². The normalized spacial score (nSPS) is 18.1. The largest absolute Gasteiger partial charge is 0.451 e. The van der Waals surface area contributed by atoms with Gasteiger partial charge in [0.25, 0.3) is 0 Å². The van der Waals surface area contributed by atoms with Crippen LogP contribution in [0.25, 0.3) is 0 Å². The van der Waals surface area contributed by atoms with Crippen LogP contribution in [0.4, 0.5) is 131 Å². The number of fused-ring (bicyclic) bond motifs is 16. The lowest BCUT2D eigenvalue weighted by Crippen LogP contribution is -2.48. The Balaban J connectivity index is 0.000000138. The number of aromatic nitrogens is 8. The van der Waals surface area contributed by atoms with Crippen LogP contribution in [0.5, 0.6) is 0 Å². The fourth-order valence-electron chi connectivity index (χ4n) is 14.6. The fourth-order valence-corrected chi connectivity index (χ4v) is 16.2. The van der Waals surface area contributed by atoms with Crippen molar-refractivity contribution in [2.24, 2.45) is 5.92 Å². The molecule has 4 saturated heterocycles. The highest BCUT2D eigenvalue weighted by Gasteiger charge is 2.47. The standard InChI is InChI=1S/C21H21F3N4O2.C19H17ClF3N5O2.C18H17ClF3N5O3S.C18H16F3N5O3/c1-13(21(22,23)24)10-18(29)16-5-6-17-20(26-16)28(15-7-9-27(17)12-15)19(30)11-14-4-2-3-8-25-14;20-12-9-13-17(26-16(12)14(29)4-6-19(21,22)23)28(11-5-8-27(13)10-11)18(30)25-15-3-1-2-7-24-15;19-11-1-3-14(23-9-11)24-17(28)27-12-5-7-26(10-12)13-2-4-15(25-16(13)27)31(29,30)8-6-18(20,21)22;19-18(20,21)10-29-16(27)12-4-5-13-15(23-12)26(11-6-8-25(13)9-11)17(28)24-14-3-1-2-7-22-14/h2-6,8,13,15H,7,9-12H2,1H3;1-3,7,9,11H,4-6,8,10H2,(H,24,25,30);1-4,9,12H,5-8,10H2,(H,23,24,28);1-5,7,11H,6,8-10H2,(H,22,24,28)/t13-,15-;11-;12-;11-/m0000/s1. The topological polar surface area (TPSA) is 328 Å². The van der Waals surface area contributed by atoms with Crippen molar-refractivity contribution >= 4 is 138 Å². The number of Topliss-reactive ketones (excluding diaryl/α,β-unsaturated/α-hetero) is 2. The van der Waals surface area contributed by atoms with Gasteiger partial charge in [-0.05, 0) is 117 Å². The van der Waals surface area contributed by atoms with E-state index in [-0.39, 0.29) is 81.9 Å². The SMILES string of the molecule is C[C@@H](CC(=O)c1ccc2c(n1)N(C(=O)Cc1ccccn1)[C@H]1CCN2C1)C(F)(F)F.O=C(CCC(F)(F)F)c1nc2c(cc1Cl)N1CC[C@@H](C1)N2C(=O)Nc1ccccn1.O=C(Nc1ccc(Cl)cn1)N1c2nc(S(=O)(=O)CCC(F)(F)F)ccc2N2CC[C@H]1C2.O=C(OCC(F)(F)F)c1ccc2c(n1)N(C(=O)Nc1ccccn1)[C@H]1CCN2C1. The Morgan fingerprint density at radius 2 is 0.958 bits per heavy atom. The van der Waals surface area contributed by atoms with Gasteiger partial charge in [-0.3, -0.25) is 54.9 Å². The van der Waals surface area contributed by atoms with Crippen molar-refractivity contribution < 1.29 is 99.4 Å². The van der Waals surface area contributed by atoms with E-state index in [1.54, 1.807) is 83.9 Å². The fraction of sp³-hybridized carbons (Fsp3) is 0.382. The molecular weight excluding hydrogens is 1670 g/mol. The van der Waals surface area contributed by atoms with E-state index in [1.807, 2.05) is 14.7 Å². The van der Waals surface area contributed by atoms with E-state index >= 15 is 0 Å². The summed E-state index contributed by atoms with van der Waals surface area (Å²) >= 11 is 12.0. The summed E-state index contributed by atoms with van der Waals surface area (Å²) < 4.78 is 180. The number of alkyl halides is 12. The summed E-state index contributed by atoms with van der Waals surface area (Å²) in [6.07, 6.45) is -13.4. The van der Waals surface area contributed by atoms with Gasteiger partial charge in [-0.2, -0.15) is 52.7 Å². The molecule has 3 N–H and O–H groups in total. The second-order valence-corrected chi connectivity index (χ2v) is 31.6. The monoisotopic (exact) mass is 1740 g/mol. The lowest BCUT2D eigenvalue weighted by Gasteiger charge is -2.36. The predicted molar refractivity (Wildman–Crippen MR) is 415 cm³/mol. The van der Waals surface area contributed by atoms with Gasteiger partial charge in [0.1, 0.15) is 28.8 Å². The number of hydrogen-bond acceptors (Lipinski definition) is 22. The number of nitrogens with zero attached hydrogens (tertiary/aromatic N) is 16. The van der Waals surface area contributed by atoms with E-state index in [2.05, 4.69) is 65.5 Å². The number of anilines is 11. The van der Waals surface area contributed by atoms with E-state index in [4.69, 9.17) is 23.2 Å². The molecular formula is C76H71Cl2F12N19O10S. The van der Waals surface area contributed by atoms with Crippen molar-refractivity contribution in [3.63, 3.8) is 0 Å². The minimum absolute atomic E-state index is 0.0311. The molecule has 0 spiro atoms. The smallest absolute Gasteiger partial charge is 0.422 e. The Hall–Kier alpha value is -11.8. The highest BCUT2D eigenvalue weighted by Crippen LogP contribution is 2.46. The molecule has 7 amide bonds. The Labute approximate surface area is 685 Å². The molecule has 29 nitrogen and oxygen atoms in total. The van der Waals surface area contributed by atoms with Gasteiger partial charge in [-0.15, -0.1) is 0 Å². The molecule has 634 valence electrons. The Morgan fingerprint density at radius 3 is 1.43 bits per heavy atom. The second-order valence-electron chi connectivity index (χ2n) is 28.7. The van der Waals surface area contributed by atoms with Crippen LogP contribution < -0.4 is 55.1 Å². The first-order valence-corrected chi connectivity index (χ1v) is 39.7. The molecule has 44 heteroatoms. The number of sulfone groups is 1. The lowest BCUT2D eigenvalue weighted by atomic mass is 10.0. The average Bonchev–Trinajstić information content (AvgIpc) is 1.56. The van der Waals surface area contributed by atoms with Crippen LogP contribution in [0.1, 0.15) is 95.4 Å². The van der Waals surface area contributed by atoms with Crippen molar-refractivity contribution in [1.82, 2.24) is 39.9 Å². The quantitative estimate of drug-likeness (QED) is 0.0459. The summed E-state index contributed by atoms with van der Waals surface area (Å²) in [5, 5.41) is 7.86. The molecule has 120 heavy (non-hydrogen) atoms. The van der Waals surface area contributed by atoms with Gasteiger partial charge >= 0.3 is 48.8 Å². The van der Waals surface area contributed by atoms with E-state index in [9.17, 15) is 94.7 Å². The molecule has 5 atom stereocenters.